The van der Waals surface area contributed by atoms with E-state index in [9.17, 15) is 9.18 Å². The lowest BCUT2D eigenvalue weighted by atomic mass is 10.1. The van der Waals surface area contributed by atoms with Crippen molar-refractivity contribution in [3.63, 3.8) is 0 Å². The van der Waals surface area contributed by atoms with Crippen molar-refractivity contribution in [1.82, 2.24) is 19.8 Å². The molecule has 1 saturated heterocycles. The number of methoxy groups -OCH3 is 1. The van der Waals surface area contributed by atoms with E-state index in [2.05, 4.69) is 30.4 Å². The third-order valence-electron chi connectivity index (χ3n) is 6.77. The number of amides is 1. The predicted octanol–water partition coefficient (Wildman–Crippen LogP) is 4.26. The summed E-state index contributed by atoms with van der Waals surface area (Å²) < 4.78 is 25.5. The van der Waals surface area contributed by atoms with Crippen molar-refractivity contribution in [3.8, 4) is 5.75 Å². The lowest BCUT2D eigenvalue weighted by Crippen LogP contribution is -2.47. The first kappa shape index (κ1) is 28.4. The summed E-state index contributed by atoms with van der Waals surface area (Å²) >= 11 is 0. The van der Waals surface area contributed by atoms with Gasteiger partial charge in [-0.2, -0.15) is 0 Å². The number of hydrogen-bond donors (Lipinski definition) is 2. The minimum absolute atomic E-state index is 0.212. The Balaban J connectivity index is 1.21. The fourth-order valence-electron chi connectivity index (χ4n) is 4.46. The van der Waals surface area contributed by atoms with Crippen LogP contribution in [0, 0.1) is 19.7 Å². The van der Waals surface area contributed by atoms with Crippen LogP contribution in [0.4, 0.5) is 21.7 Å². The summed E-state index contributed by atoms with van der Waals surface area (Å²) in [4.78, 5) is 25.9. The number of rotatable bonds is 12. The molecule has 39 heavy (non-hydrogen) atoms. The minimum Gasteiger partial charge on any atom is -0.490 e. The van der Waals surface area contributed by atoms with E-state index in [-0.39, 0.29) is 17.6 Å². The average Bonchev–Trinajstić information content (AvgIpc) is 2.94. The second-order valence-corrected chi connectivity index (χ2v) is 9.66. The fraction of sp³-hybridized carbons (Fsp3) is 0.414. The molecule has 0 spiro atoms. The van der Waals surface area contributed by atoms with Crippen molar-refractivity contribution in [3.05, 3.63) is 71.3 Å². The van der Waals surface area contributed by atoms with Crippen LogP contribution in [0.5, 0.6) is 5.75 Å². The number of ether oxygens (including phenoxy) is 2. The first-order valence-electron chi connectivity index (χ1n) is 13.3. The van der Waals surface area contributed by atoms with Gasteiger partial charge >= 0.3 is 0 Å². The van der Waals surface area contributed by atoms with Crippen LogP contribution in [0.25, 0.3) is 0 Å². The molecule has 0 radical (unpaired) electrons. The molecule has 9 nitrogen and oxygen atoms in total. The molecule has 208 valence electrons. The molecule has 1 aromatic heterocycles. The molecule has 1 aliphatic rings. The summed E-state index contributed by atoms with van der Waals surface area (Å²) in [6.07, 6.45) is 3.70. The van der Waals surface area contributed by atoms with Gasteiger partial charge in [-0.15, -0.1) is 0 Å². The largest absolute Gasteiger partial charge is 0.490 e. The van der Waals surface area contributed by atoms with Crippen molar-refractivity contribution < 1.29 is 18.7 Å². The number of carbonyl (C=O) groups is 1. The van der Waals surface area contributed by atoms with Crippen LogP contribution in [-0.4, -0.2) is 85.3 Å². The topological polar surface area (TPSA) is 91.9 Å². The lowest BCUT2D eigenvalue weighted by molar-refractivity contribution is 0.0940. The van der Waals surface area contributed by atoms with Crippen LogP contribution in [0.2, 0.25) is 0 Å². The normalized spacial score (nSPS) is 14.3. The second kappa shape index (κ2) is 14.0. The van der Waals surface area contributed by atoms with Crippen LogP contribution >= 0.6 is 0 Å². The third kappa shape index (κ3) is 8.19. The maximum absolute atomic E-state index is 14.6. The highest BCUT2D eigenvalue weighted by molar-refractivity contribution is 6.04. The average molecular weight is 537 g/mol. The zero-order chi connectivity index (χ0) is 27.6. The van der Waals surface area contributed by atoms with Gasteiger partial charge in [-0.25, -0.2) is 14.4 Å². The van der Waals surface area contributed by atoms with Crippen molar-refractivity contribution >= 4 is 23.2 Å². The molecule has 0 bridgehead atoms. The molecule has 0 saturated carbocycles. The Morgan fingerprint density at radius 1 is 0.974 bits per heavy atom. The van der Waals surface area contributed by atoms with E-state index < -0.39 is 5.82 Å². The zero-order valence-corrected chi connectivity index (χ0v) is 22.9. The number of carbonyl (C=O) groups excluding carboxylic acids is 1. The quantitative estimate of drug-likeness (QED) is 0.332. The molecular weight excluding hydrogens is 499 g/mol. The summed E-state index contributed by atoms with van der Waals surface area (Å²) in [5, 5.41) is 5.88. The van der Waals surface area contributed by atoms with Crippen molar-refractivity contribution in [2.45, 2.75) is 20.3 Å². The number of anilines is 3. The molecule has 0 unspecified atom stereocenters. The molecule has 1 amide bonds. The van der Waals surface area contributed by atoms with Gasteiger partial charge in [0.25, 0.3) is 5.91 Å². The smallest absolute Gasteiger partial charge is 0.258 e. The third-order valence-corrected chi connectivity index (χ3v) is 6.77. The molecule has 2 N–H and O–H groups in total. The number of halogens is 1. The number of aryl methyl sites for hydroxylation is 2. The van der Waals surface area contributed by atoms with Crippen LogP contribution in [0.1, 0.15) is 27.9 Å². The number of nitrogens with zero attached hydrogens (tertiary/aromatic N) is 4. The Hall–Kier alpha value is -3.60. The Kier molecular flexibility index (Phi) is 10.2. The molecule has 3 aromatic rings. The Bertz CT molecular complexity index is 1210. The van der Waals surface area contributed by atoms with Crippen molar-refractivity contribution in [2.75, 3.05) is 70.2 Å². The number of nitrogens with one attached hydrogen (secondary N) is 2. The minimum atomic E-state index is -0.462. The van der Waals surface area contributed by atoms with Gasteiger partial charge in [0.15, 0.2) is 11.6 Å². The number of benzene rings is 2. The molecule has 10 heteroatoms. The lowest BCUT2D eigenvalue weighted by Gasteiger charge is -2.34. The molecule has 2 aromatic carbocycles. The van der Waals surface area contributed by atoms with Gasteiger partial charge in [-0.3, -0.25) is 9.69 Å². The van der Waals surface area contributed by atoms with Crippen molar-refractivity contribution in [2.24, 2.45) is 0 Å². The van der Waals surface area contributed by atoms with Gasteiger partial charge in [0.1, 0.15) is 0 Å². The highest BCUT2D eigenvalue weighted by atomic mass is 19.1. The summed E-state index contributed by atoms with van der Waals surface area (Å²) in [5.74, 6) is -0.287. The van der Waals surface area contributed by atoms with Crippen LogP contribution in [0.3, 0.4) is 0 Å². The molecular formula is C29H37FN6O3. The molecule has 2 heterocycles. The van der Waals surface area contributed by atoms with E-state index in [1.165, 1.54) is 18.5 Å². The van der Waals surface area contributed by atoms with E-state index in [4.69, 9.17) is 9.47 Å². The first-order chi connectivity index (χ1) is 18.9. The summed E-state index contributed by atoms with van der Waals surface area (Å²) in [6, 6.07) is 10.5. The van der Waals surface area contributed by atoms with Gasteiger partial charge in [0, 0.05) is 76.2 Å². The standard InChI is InChI=1S/C29H37FN6O3/c1-21-6-4-7-22(2)27(21)34-28(37)23-19-31-29(32-20-23)33-24-8-9-26(25(30)18-24)39-16-5-10-35-11-13-36(14-12-35)15-17-38-3/h4,6-9,18-20H,5,10-17H2,1-3H3,(H,34,37)(H,31,32,33). The van der Waals surface area contributed by atoms with E-state index in [0.717, 1.165) is 69.1 Å². The highest BCUT2D eigenvalue weighted by Crippen LogP contribution is 2.23. The van der Waals surface area contributed by atoms with Gasteiger partial charge in [-0.05, 0) is 43.5 Å². The van der Waals surface area contributed by atoms with Crippen LogP contribution in [0.15, 0.2) is 48.8 Å². The predicted molar refractivity (Wildman–Crippen MR) is 150 cm³/mol. The monoisotopic (exact) mass is 536 g/mol. The second-order valence-electron chi connectivity index (χ2n) is 9.66. The number of hydrogen-bond acceptors (Lipinski definition) is 8. The molecule has 1 fully saturated rings. The molecule has 1 aliphatic heterocycles. The van der Waals surface area contributed by atoms with Gasteiger partial charge in [0.05, 0.1) is 18.8 Å². The maximum Gasteiger partial charge on any atom is 0.258 e. The Labute approximate surface area is 229 Å². The maximum atomic E-state index is 14.6. The van der Waals surface area contributed by atoms with Crippen LogP contribution in [-0.2, 0) is 4.74 Å². The highest BCUT2D eigenvalue weighted by Gasteiger charge is 2.16. The van der Waals surface area contributed by atoms with E-state index in [1.54, 1.807) is 19.2 Å². The molecule has 0 atom stereocenters. The van der Waals surface area contributed by atoms with Gasteiger partial charge in [-0.1, -0.05) is 18.2 Å². The summed E-state index contributed by atoms with van der Waals surface area (Å²) in [6.45, 7) is 11.1. The molecule has 4 rings (SSSR count). The van der Waals surface area contributed by atoms with Gasteiger partial charge in [0.2, 0.25) is 5.95 Å². The number of aromatic nitrogens is 2. The Morgan fingerprint density at radius 2 is 1.64 bits per heavy atom. The SMILES string of the molecule is COCCN1CCN(CCCOc2ccc(Nc3ncc(C(=O)Nc4c(C)cccc4C)cn3)cc2F)CC1. The van der Waals surface area contributed by atoms with Gasteiger partial charge < -0.3 is 25.0 Å². The number of piperazine rings is 1. The van der Waals surface area contributed by atoms with E-state index in [0.29, 0.717) is 17.9 Å². The fourth-order valence-corrected chi connectivity index (χ4v) is 4.46. The Morgan fingerprint density at radius 3 is 2.28 bits per heavy atom. The van der Waals surface area contributed by atoms with E-state index in [1.807, 2.05) is 32.0 Å². The molecule has 0 aliphatic carbocycles. The van der Waals surface area contributed by atoms with Crippen molar-refractivity contribution in [1.29, 1.82) is 0 Å². The van der Waals surface area contributed by atoms with E-state index >= 15 is 0 Å². The zero-order valence-electron chi connectivity index (χ0n) is 22.9. The number of para-hydroxylation sites is 1. The first-order valence-corrected chi connectivity index (χ1v) is 13.3. The van der Waals surface area contributed by atoms with Crippen LogP contribution < -0.4 is 15.4 Å². The summed E-state index contributed by atoms with van der Waals surface area (Å²) in [7, 11) is 1.73. The summed E-state index contributed by atoms with van der Waals surface area (Å²) in [5.41, 5.74) is 3.54.